The standard InChI is InChI=1S/C20H24N4O2/c1-22-19(25)16-7-4-10-24(13-16)20(26)18-17(8-3-9-23-18)15-6-2-5-14(11-15)12-21/h2-3,5-6,8-9,11,16H,4,7,10,12-13,21H2,1H3,(H,22,25). The first-order valence-electron chi connectivity index (χ1n) is 8.89. The number of carbonyl (C=O) groups is 2. The average molecular weight is 352 g/mol. The van der Waals surface area contributed by atoms with Crippen molar-refractivity contribution < 1.29 is 9.59 Å². The number of hydrogen-bond acceptors (Lipinski definition) is 4. The van der Waals surface area contributed by atoms with Crippen molar-refractivity contribution in [2.75, 3.05) is 20.1 Å². The molecule has 1 aliphatic heterocycles. The van der Waals surface area contributed by atoms with Gasteiger partial charge in [0.05, 0.1) is 5.92 Å². The van der Waals surface area contributed by atoms with Crippen LogP contribution in [0, 0.1) is 5.92 Å². The van der Waals surface area contributed by atoms with Crippen molar-refractivity contribution in [3.05, 3.63) is 53.9 Å². The predicted octanol–water partition coefficient (Wildman–Crippen LogP) is 1.81. The molecule has 6 heteroatoms. The molecule has 0 saturated carbocycles. The molecule has 136 valence electrons. The molecule has 1 aromatic heterocycles. The van der Waals surface area contributed by atoms with Crippen molar-refractivity contribution in [2.24, 2.45) is 11.7 Å². The second-order valence-electron chi connectivity index (χ2n) is 6.51. The number of nitrogens with zero attached hydrogens (tertiary/aromatic N) is 2. The Morgan fingerprint density at radius 2 is 2.15 bits per heavy atom. The van der Waals surface area contributed by atoms with Gasteiger partial charge >= 0.3 is 0 Å². The summed E-state index contributed by atoms with van der Waals surface area (Å²) in [5.41, 5.74) is 8.87. The van der Waals surface area contributed by atoms with Crippen LogP contribution in [0.15, 0.2) is 42.6 Å². The minimum absolute atomic E-state index is 0.0145. The normalized spacial score (nSPS) is 17.0. The van der Waals surface area contributed by atoms with Gasteiger partial charge in [0.1, 0.15) is 5.69 Å². The lowest BCUT2D eigenvalue weighted by molar-refractivity contribution is -0.125. The molecule has 2 heterocycles. The van der Waals surface area contributed by atoms with Gasteiger partial charge in [-0.25, -0.2) is 0 Å². The van der Waals surface area contributed by atoms with E-state index in [-0.39, 0.29) is 17.7 Å². The van der Waals surface area contributed by atoms with Crippen molar-refractivity contribution in [1.82, 2.24) is 15.2 Å². The molecule has 1 aliphatic rings. The van der Waals surface area contributed by atoms with Gasteiger partial charge in [0, 0.05) is 38.4 Å². The fourth-order valence-electron chi connectivity index (χ4n) is 3.40. The van der Waals surface area contributed by atoms with Crippen molar-refractivity contribution in [3.8, 4) is 11.1 Å². The number of nitrogens with one attached hydrogen (secondary N) is 1. The van der Waals surface area contributed by atoms with E-state index >= 15 is 0 Å². The first kappa shape index (κ1) is 18.1. The van der Waals surface area contributed by atoms with Crippen LogP contribution < -0.4 is 11.1 Å². The Balaban J connectivity index is 1.89. The molecule has 3 rings (SSSR count). The number of carbonyl (C=O) groups excluding carboxylic acids is 2. The van der Waals surface area contributed by atoms with E-state index in [1.54, 1.807) is 18.1 Å². The van der Waals surface area contributed by atoms with Crippen LogP contribution in [0.3, 0.4) is 0 Å². The minimum atomic E-state index is -0.162. The number of aromatic nitrogens is 1. The zero-order valence-electron chi connectivity index (χ0n) is 14.9. The molecule has 26 heavy (non-hydrogen) atoms. The maximum Gasteiger partial charge on any atom is 0.273 e. The Kier molecular flexibility index (Phi) is 5.63. The number of amides is 2. The Hall–Kier alpha value is -2.73. The molecular formula is C20H24N4O2. The molecule has 1 fully saturated rings. The van der Waals surface area contributed by atoms with Gasteiger partial charge in [-0.05, 0) is 36.1 Å². The van der Waals surface area contributed by atoms with E-state index in [0.29, 0.717) is 25.3 Å². The van der Waals surface area contributed by atoms with E-state index in [4.69, 9.17) is 5.73 Å². The zero-order valence-corrected chi connectivity index (χ0v) is 14.9. The van der Waals surface area contributed by atoms with Gasteiger partial charge in [0.15, 0.2) is 0 Å². The van der Waals surface area contributed by atoms with E-state index in [1.807, 2.05) is 36.4 Å². The van der Waals surface area contributed by atoms with Crippen LogP contribution in [-0.2, 0) is 11.3 Å². The second kappa shape index (κ2) is 8.10. The van der Waals surface area contributed by atoms with Gasteiger partial charge in [-0.2, -0.15) is 0 Å². The molecule has 6 nitrogen and oxygen atoms in total. The minimum Gasteiger partial charge on any atom is -0.359 e. The van der Waals surface area contributed by atoms with Gasteiger partial charge in [-0.15, -0.1) is 0 Å². The van der Waals surface area contributed by atoms with Crippen LogP contribution in [-0.4, -0.2) is 41.8 Å². The maximum absolute atomic E-state index is 13.1. The quantitative estimate of drug-likeness (QED) is 0.878. The lowest BCUT2D eigenvalue weighted by Crippen LogP contribution is -2.45. The van der Waals surface area contributed by atoms with Gasteiger partial charge in [0.25, 0.3) is 5.91 Å². The van der Waals surface area contributed by atoms with Crippen molar-refractivity contribution in [1.29, 1.82) is 0 Å². The summed E-state index contributed by atoms with van der Waals surface area (Å²) in [5, 5.41) is 2.68. The van der Waals surface area contributed by atoms with Gasteiger partial charge in [-0.1, -0.05) is 24.3 Å². The van der Waals surface area contributed by atoms with Crippen LogP contribution in [0.2, 0.25) is 0 Å². The lowest BCUT2D eigenvalue weighted by atomic mass is 9.96. The molecule has 0 aliphatic carbocycles. The summed E-state index contributed by atoms with van der Waals surface area (Å²) < 4.78 is 0. The molecule has 0 bridgehead atoms. The van der Waals surface area contributed by atoms with E-state index in [1.165, 1.54) is 0 Å². The first-order valence-corrected chi connectivity index (χ1v) is 8.89. The molecule has 0 spiro atoms. The zero-order chi connectivity index (χ0) is 18.5. The SMILES string of the molecule is CNC(=O)C1CCCN(C(=O)c2ncccc2-c2cccc(CN)c2)C1. The van der Waals surface area contributed by atoms with Crippen LogP contribution in [0.5, 0.6) is 0 Å². The van der Waals surface area contributed by atoms with E-state index in [2.05, 4.69) is 10.3 Å². The van der Waals surface area contributed by atoms with Crippen molar-refractivity contribution >= 4 is 11.8 Å². The smallest absolute Gasteiger partial charge is 0.273 e. The lowest BCUT2D eigenvalue weighted by Gasteiger charge is -2.32. The summed E-state index contributed by atoms with van der Waals surface area (Å²) in [4.78, 5) is 31.2. The molecule has 2 amide bonds. The van der Waals surface area contributed by atoms with E-state index < -0.39 is 0 Å². The number of pyridine rings is 1. The summed E-state index contributed by atoms with van der Waals surface area (Å²) in [5.74, 6) is -0.308. The highest BCUT2D eigenvalue weighted by molar-refractivity contribution is 5.99. The molecule has 3 N–H and O–H groups in total. The highest BCUT2D eigenvalue weighted by Crippen LogP contribution is 2.26. The Morgan fingerprint density at radius 3 is 2.92 bits per heavy atom. The number of piperidine rings is 1. The van der Waals surface area contributed by atoms with Gasteiger partial charge in [-0.3, -0.25) is 14.6 Å². The van der Waals surface area contributed by atoms with Crippen LogP contribution >= 0.6 is 0 Å². The third-order valence-corrected chi connectivity index (χ3v) is 4.81. The molecule has 1 aromatic carbocycles. The Morgan fingerprint density at radius 1 is 1.31 bits per heavy atom. The van der Waals surface area contributed by atoms with E-state index in [9.17, 15) is 9.59 Å². The van der Waals surface area contributed by atoms with Gasteiger partial charge in [0.2, 0.25) is 5.91 Å². The average Bonchev–Trinajstić information content (AvgIpc) is 2.72. The fourth-order valence-corrected chi connectivity index (χ4v) is 3.40. The van der Waals surface area contributed by atoms with Crippen molar-refractivity contribution in [2.45, 2.75) is 19.4 Å². The molecule has 1 saturated heterocycles. The highest BCUT2D eigenvalue weighted by atomic mass is 16.2. The molecule has 1 unspecified atom stereocenters. The van der Waals surface area contributed by atoms with Crippen LogP contribution in [0.4, 0.5) is 0 Å². The number of hydrogen-bond donors (Lipinski definition) is 2. The highest BCUT2D eigenvalue weighted by Gasteiger charge is 2.30. The molecule has 1 atom stereocenters. The molecule has 0 radical (unpaired) electrons. The Bertz CT molecular complexity index is 806. The second-order valence-corrected chi connectivity index (χ2v) is 6.51. The summed E-state index contributed by atoms with van der Waals surface area (Å²) in [6, 6.07) is 11.6. The number of benzene rings is 1. The third kappa shape index (κ3) is 3.75. The topological polar surface area (TPSA) is 88.3 Å². The predicted molar refractivity (Wildman–Crippen MR) is 100 cm³/mol. The van der Waals surface area contributed by atoms with E-state index in [0.717, 1.165) is 29.5 Å². The summed E-state index contributed by atoms with van der Waals surface area (Å²) in [7, 11) is 1.63. The largest absolute Gasteiger partial charge is 0.359 e. The monoisotopic (exact) mass is 352 g/mol. The third-order valence-electron chi connectivity index (χ3n) is 4.81. The van der Waals surface area contributed by atoms with Crippen LogP contribution in [0.25, 0.3) is 11.1 Å². The van der Waals surface area contributed by atoms with Crippen LogP contribution in [0.1, 0.15) is 28.9 Å². The number of likely N-dealkylation sites (tertiary alicyclic amines) is 1. The number of rotatable bonds is 4. The number of nitrogens with two attached hydrogens (primary N) is 1. The fraction of sp³-hybridized carbons (Fsp3) is 0.350. The maximum atomic E-state index is 13.1. The summed E-state index contributed by atoms with van der Waals surface area (Å²) >= 11 is 0. The summed E-state index contributed by atoms with van der Waals surface area (Å²) in [6.07, 6.45) is 3.25. The first-order chi connectivity index (χ1) is 12.6. The summed E-state index contributed by atoms with van der Waals surface area (Å²) in [6.45, 7) is 1.51. The Labute approximate surface area is 153 Å². The van der Waals surface area contributed by atoms with Gasteiger partial charge < -0.3 is 16.0 Å². The molecular weight excluding hydrogens is 328 g/mol. The van der Waals surface area contributed by atoms with Crippen molar-refractivity contribution in [3.63, 3.8) is 0 Å². The molecule has 2 aromatic rings.